The number of hydrogen-bond donors (Lipinski definition) is 0. The number of hydrogen-bond acceptors (Lipinski definition) is 2. The van der Waals surface area contributed by atoms with Gasteiger partial charge in [-0.2, -0.15) is 8.78 Å². The monoisotopic (exact) mass is 325 g/mol. The number of rotatable bonds is 5. The quantitative estimate of drug-likeness (QED) is 0.610. The van der Waals surface area contributed by atoms with Crippen LogP contribution in [0.1, 0.15) is 24.3 Å². The van der Waals surface area contributed by atoms with E-state index in [-0.39, 0.29) is 11.1 Å². The topological polar surface area (TPSA) is 35.1 Å². The summed E-state index contributed by atoms with van der Waals surface area (Å²) in [5, 5.41) is -2.21. The van der Waals surface area contributed by atoms with Crippen molar-refractivity contribution in [2.45, 2.75) is 37.6 Å². The molecule has 0 spiro atoms. The van der Waals surface area contributed by atoms with E-state index in [9.17, 15) is 22.4 Å². The fourth-order valence-electron chi connectivity index (χ4n) is 2.01. The van der Waals surface area contributed by atoms with E-state index in [1.807, 2.05) is 6.92 Å². The molecule has 0 radical (unpaired) electrons. The van der Waals surface area contributed by atoms with Gasteiger partial charge in [-0.15, -0.1) is 11.6 Å². The molecule has 0 bridgehead atoms. The summed E-state index contributed by atoms with van der Waals surface area (Å²) in [6.45, 7) is 2.26. The van der Waals surface area contributed by atoms with Gasteiger partial charge in [-0.05, 0) is 24.1 Å². The minimum atomic E-state index is -4.37. The highest BCUT2D eigenvalue weighted by molar-refractivity contribution is 6.21. The zero-order valence-electron chi connectivity index (χ0n) is 11.0. The van der Waals surface area contributed by atoms with Crippen molar-refractivity contribution in [3.05, 3.63) is 34.3 Å². The highest BCUT2D eigenvalue weighted by Crippen LogP contribution is 2.41. The van der Waals surface area contributed by atoms with Crippen molar-refractivity contribution < 1.29 is 22.0 Å². The van der Waals surface area contributed by atoms with Gasteiger partial charge in [-0.3, -0.25) is 4.57 Å². The smallest absolute Gasteiger partial charge is 0.408 e. The summed E-state index contributed by atoms with van der Waals surface area (Å²) < 4.78 is 57.4. The van der Waals surface area contributed by atoms with Crippen molar-refractivity contribution in [1.82, 2.24) is 4.57 Å². The third kappa shape index (κ3) is 2.79. The maximum atomic E-state index is 13.3. The summed E-state index contributed by atoms with van der Waals surface area (Å²) in [5.74, 6) is -5.00. The molecule has 1 aromatic heterocycles. The van der Waals surface area contributed by atoms with Crippen LogP contribution in [-0.4, -0.2) is 16.9 Å². The molecule has 1 unspecified atom stereocenters. The zero-order valence-corrected chi connectivity index (χ0v) is 11.7. The Morgan fingerprint density at radius 2 is 2.05 bits per heavy atom. The largest absolute Gasteiger partial charge is 0.419 e. The van der Waals surface area contributed by atoms with E-state index in [0.717, 1.165) is 6.07 Å². The third-order valence-electron chi connectivity index (χ3n) is 3.06. The van der Waals surface area contributed by atoms with E-state index < -0.39 is 23.5 Å². The average molecular weight is 326 g/mol. The Balaban J connectivity index is 2.47. The van der Waals surface area contributed by atoms with E-state index in [1.54, 1.807) is 0 Å². The molecule has 0 saturated heterocycles. The zero-order chi connectivity index (χ0) is 15.8. The number of nitrogens with zero attached hydrogens (tertiary/aromatic N) is 1. The minimum absolute atomic E-state index is 0.0432. The van der Waals surface area contributed by atoms with Gasteiger partial charge in [0.1, 0.15) is 5.38 Å². The molecular weight excluding hydrogens is 314 g/mol. The second kappa shape index (κ2) is 5.71. The number of halogens is 5. The number of oxazole rings is 1. The molecule has 0 aliphatic heterocycles. The van der Waals surface area contributed by atoms with Gasteiger partial charge in [0.2, 0.25) is 0 Å². The summed E-state index contributed by atoms with van der Waals surface area (Å²) in [6, 6.07) is 3.65. The molecule has 1 heterocycles. The van der Waals surface area contributed by atoms with Crippen LogP contribution in [0, 0.1) is 0 Å². The molecule has 3 nitrogen and oxygen atoms in total. The lowest BCUT2D eigenvalue weighted by Gasteiger charge is -2.21. The second-order valence-corrected chi connectivity index (χ2v) is 5.02. The highest BCUT2D eigenvalue weighted by atomic mass is 35.5. The molecule has 2 aromatic rings. The summed E-state index contributed by atoms with van der Waals surface area (Å²) in [5.41, 5.74) is 0.225. The Morgan fingerprint density at radius 3 is 2.62 bits per heavy atom. The third-order valence-corrected chi connectivity index (χ3v) is 3.60. The van der Waals surface area contributed by atoms with E-state index in [4.69, 9.17) is 16.0 Å². The van der Waals surface area contributed by atoms with Gasteiger partial charge < -0.3 is 4.42 Å². The van der Waals surface area contributed by atoms with Crippen LogP contribution >= 0.6 is 11.6 Å². The first-order valence-corrected chi connectivity index (χ1v) is 6.66. The van der Waals surface area contributed by atoms with E-state index >= 15 is 0 Å². The van der Waals surface area contributed by atoms with Crippen LogP contribution in [0.25, 0.3) is 11.1 Å². The second-order valence-electron chi connectivity index (χ2n) is 4.58. The van der Waals surface area contributed by atoms with Gasteiger partial charge in [0.15, 0.2) is 5.58 Å². The van der Waals surface area contributed by atoms with Crippen LogP contribution in [0.5, 0.6) is 0 Å². The average Bonchev–Trinajstić information content (AvgIpc) is 2.73. The molecule has 21 heavy (non-hydrogen) atoms. The van der Waals surface area contributed by atoms with E-state index in [1.165, 1.54) is 16.7 Å². The Morgan fingerprint density at radius 1 is 1.38 bits per heavy atom. The fourth-order valence-corrected chi connectivity index (χ4v) is 2.24. The molecule has 0 N–H and O–H groups in total. The maximum absolute atomic E-state index is 13.3. The number of aryl methyl sites for hydroxylation is 1. The van der Waals surface area contributed by atoms with Crippen LogP contribution in [-0.2, 0) is 6.54 Å². The SMILES string of the molecule is CCCn1c(=O)oc2cc(C(Cl)C(F)(F)C(F)F)ccc21. The van der Waals surface area contributed by atoms with Gasteiger partial charge in [-0.1, -0.05) is 13.0 Å². The number of aromatic nitrogens is 1. The standard InChI is InChI=1S/C13H12ClF4NO2/c1-2-5-19-8-4-3-7(6-9(8)21-12(19)20)10(14)13(17,18)11(15)16/h3-4,6,10-11H,2,5H2,1H3. The normalized spacial score (nSPS) is 14.0. The van der Waals surface area contributed by atoms with Gasteiger partial charge in [0, 0.05) is 6.54 Å². The van der Waals surface area contributed by atoms with E-state index in [2.05, 4.69) is 0 Å². The van der Waals surface area contributed by atoms with Crippen LogP contribution in [0.4, 0.5) is 17.6 Å². The maximum Gasteiger partial charge on any atom is 0.419 e. The van der Waals surface area contributed by atoms with Crippen molar-refractivity contribution in [3.8, 4) is 0 Å². The summed E-state index contributed by atoms with van der Waals surface area (Å²) in [7, 11) is 0. The van der Waals surface area contributed by atoms with Crippen LogP contribution in [0.2, 0.25) is 0 Å². The van der Waals surface area contributed by atoms with Crippen molar-refractivity contribution in [3.63, 3.8) is 0 Å². The molecule has 2 rings (SSSR count). The fraction of sp³-hybridized carbons (Fsp3) is 0.462. The first-order chi connectivity index (χ1) is 9.78. The van der Waals surface area contributed by atoms with Crippen LogP contribution in [0.15, 0.2) is 27.4 Å². The Kier molecular flexibility index (Phi) is 4.32. The van der Waals surface area contributed by atoms with Crippen molar-refractivity contribution >= 4 is 22.7 Å². The predicted molar refractivity (Wildman–Crippen MR) is 70.3 cm³/mol. The Bertz CT molecular complexity index is 695. The van der Waals surface area contributed by atoms with Crippen molar-refractivity contribution in [2.75, 3.05) is 0 Å². The number of alkyl halides is 5. The summed E-state index contributed by atoms with van der Waals surface area (Å²) in [6.07, 6.45) is -3.20. The van der Waals surface area contributed by atoms with Crippen molar-refractivity contribution in [2.24, 2.45) is 0 Å². The molecule has 116 valence electrons. The van der Waals surface area contributed by atoms with Crippen molar-refractivity contribution in [1.29, 1.82) is 0 Å². The minimum Gasteiger partial charge on any atom is -0.408 e. The lowest BCUT2D eigenvalue weighted by molar-refractivity contribution is -0.130. The van der Waals surface area contributed by atoms with Gasteiger partial charge in [0.25, 0.3) is 0 Å². The first-order valence-electron chi connectivity index (χ1n) is 6.22. The molecule has 1 atom stereocenters. The molecule has 1 aromatic carbocycles. The first kappa shape index (κ1) is 15.9. The molecule has 0 saturated carbocycles. The summed E-state index contributed by atoms with van der Waals surface area (Å²) >= 11 is 5.44. The van der Waals surface area contributed by atoms with Gasteiger partial charge >= 0.3 is 18.1 Å². The highest BCUT2D eigenvalue weighted by Gasteiger charge is 2.48. The predicted octanol–water partition coefficient (Wildman–Crippen LogP) is 4.18. The van der Waals surface area contributed by atoms with Crippen LogP contribution < -0.4 is 5.76 Å². The van der Waals surface area contributed by atoms with Gasteiger partial charge in [-0.25, -0.2) is 13.6 Å². The van der Waals surface area contributed by atoms with Crippen LogP contribution in [0.3, 0.4) is 0 Å². The molecule has 8 heteroatoms. The van der Waals surface area contributed by atoms with E-state index in [0.29, 0.717) is 18.5 Å². The molecule has 0 aliphatic carbocycles. The lowest BCUT2D eigenvalue weighted by Crippen LogP contribution is -2.31. The Labute approximate surface area is 122 Å². The Hall–Kier alpha value is -1.50. The number of fused-ring (bicyclic) bond motifs is 1. The lowest BCUT2D eigenvalue weighted by atomic mass is 10.1. The molecule has 0 fully saturated rings. The number of benzene rings is 1. The molecule has 0 amide bonds. The summed E-state index contributed by atoms with van der Waals surface area (Å²) in [4.78, 5) is 11.6. The molecular formula is C13H12ClF4NO2. The van der Waals surface area contributed by atoms with Gasteiger partial charge in [0.05, 0.1) is 5.52 Å². The molecule has 0 aliphatic rings.